The van der Waals surface area contributed by atoms with Gasteiger partial charge < -0.3 is 0 Å². The summed E-state index contributed by atoms with van der Waals surface area (Å²) in [6, 6.07) is 28.7. The highest BCUT2D eigenvalue weighted by Gasteiger charge is 2.14. The maximum Gasteiger partial charge on any atom is 0.0717 e. The van der Waals surface area contributed by atoms with Crippen LogP contribution >= 0.6 is 11.6 Å². The number of rotatable bonds is 3. The van der Waals surface area contributed by atoms with Crippen molar-refractivity contribution in [3.63, 3.8) is 0 Å². The summed E-state index contributed by atoms with van der Waals surface area (Å²) in [5, 5.41) is 3.99. The Balaban J connectivity index is 1.96. The third kappa shape index (κ3) is 2.47. The van der Waals surface area contributed by atoms with E-state index in [9.17, 15) is 0 Å². The fourth-order valence-corrected chi connectivity index (χ4v) is 3.06. The molecule has 23 heavy (non-hydrogen) atoms. The second kappa shape index (κ2) is 5.82. The fraction of sp³-hybridized carbons (Fsp3) is 0. The van der Waals surface area contributed by atoms with Crippen LogP contribution in [0.2, 0.25) is 5.02 Å². The molecule has 3 heteroatoms. The van der Waals surface area contributed by atoms with E-state index in [0.717, 1.165) is 27.3 Å². The highest BCUT2D eigenvalue weighted by atomic mass is 35.5. The maximum atomic E-state index is 6.34. The molecule has 0 aliphatic carbocycles. The first kappa shape index (κ1) is 13.9. The molecule has 0 fully saturated rings. The number of anilines is 2. The zero-order valence-corrected chi connectivity index (χ0v) is 13.2. The maximum absolute atomic E-state index is 6.34. The number of benzene rings is 3. The summed E-state index contributed by atoms with van der Waals surface area (Å²) in [5.41, 5.74) is 3.26. The minimum absolute atomic E-state index is 0.766. The van der Waals surface area contributed by atoms with Gasteiger partial charge in [-0.1, -0.05) is 54.1 Å². The smallest absolute Gasteiger partial charge is 0.0717 e. The first-order chi connectivity index (χ1) is 11.3. The van der Waals surface area contributed by atoms with Crippen molar-refractivity contribution in [1.29, 1.82) is 0 Å². The van der Waals surface area contributed by atoms with Crippen molar-refractivity contribution in [1.82, 2.24) is 4.68 Å². The molecule has 0 atom stereocenters. The van der Waals surface area contributed by atoms with Gasteiger partial charge in [0, 0.05) is 11.6 Å². The minimum atomic E-state index is 0.766. The Labute approximate surface area is 140 Å². The molecule has 0 saturated carbocycles. The molecule has 4 aromatic rings. The van der Waals surface area contributed by atoms with E-state index in [1.54, 1.807) is 0 Å². The Morgan fingerprint density at radius 3 is 1.87 bits per heavy atom. The van der Waals surface area contributed by atoms with Gasteiger partial charge in [0.1, 0.15) is 0 Å². The lowest BCUT2D eigenvalue weighted by Gasteiger charge is -2.27. The van der Waals surface area contributed by atoms with Gasteiger partial charge >= 0.3 is 0 Å². The van der Waals surface area contributed by atoms with Gasteiger partial charge in [0.15, 0.2) is 0 Å². The van der Waals surface area contributed by atoms with E-state index in [1.807, 2.05) is 48.5 Å². The zero-order chi connectivity index (χ0) is 15.6. The van der Waals surface area contributed by atoms with Crippen LogP contribution in [-0.4, -0.2) is 4.68 Å². The average molecular weight is 319 g/mol. The average Bonchev–Trinajstić information content (AvgIpc) is 3.03. The van der Waals surface area contributed by atoms with Crippen molar-refractivity contribution in [2.75, 3.05) is 5.01 Å². The minimum Gasteiger partial charge on any atom is -0.256 e. The lowest BCUT2D eigenvalue weighted by Crippen LogP contribution is -2.23. The van der Waals surface area contributed by atoms with Crippen LogP contribution < -0.4 is 5.01 Å². The summed E-state index contributed by atoms with van der Waals surface area (Å²) in [5.74, 6) is 0. The number of para-hydroxylation sites is 2. The predicted octanol–water partition coefficient (Wildman–Crippen LogP) is 5.90. The van der Waals surface area contributed by atoms with Gasteiger partial charge in [-0.25, -0.2) is 5.01 Å². The molecule has 0 unspecified atom stereocenters. The van der Waals surface area contributed by atoms with Crippen LogP contribution in [-0.2, 0) is 0 Å². The van der Waals surface area contributed by atoms with Gasteiger partial charge in [-0.15, -0.1) is 0 Å². The quantitative estimate of drug-likeness (QED) is 0.457. The van der Waals surface area contributed by atoms with E-state index in [0.29, 0.717) is 0 Å². The van der Waals surface area contributed by atoms with Crippen molar-refractivity contribution in [3.05, 3.63) is 96.1 Å². The number of nitrogens with zero attached hydrogens (tertiary/aromatic N) is 2. The number of halogens is 1. The Morgan fingerprint density at radius 1 is 0.652 bits per heavy atom. The summed E-state index contributed by atoms with van der Waals surface area (Å²) >= 11 is 6.34. The molecule has 112 valence electrons. The lowest BCUT2D eigenvalue weighted by molar-refractivity contribution is 0.854. The van der Waals surface area contributed by atoms with Crippen LogP contribution in [0.4, 0.5) is 11.4 Å². The molecule has 1 aromatic heterocycles. The van der Waals surface area contributed by atoms with Crippen LogP contribution in [0.15, 0.2) is 91.1 Å². The van der Waals surface area contributed by atoms with Gasteiger partial charge in [-0.05, 0) is 42.5 Å². The highest BCUT2D eigenvalue weighted by Crippen LogP contribution is 2.31. The summed E-state index contributed by atoms with van der Waals surface area (Å²) in [6.45, 7) is 0. The van der Waals surface area contributed by atoms with E-state index in [1.165, 1.54) is 0 Å². The summed E-state index contributed by atoms with van der Waals surface area (Å²) in [7, 11) is 0. The van der Waals surface area contributed by atoms with Crippen molar-refractivity contribution >= 4 is 33.9 Å². The summed E-state index contributed by atoms with van der Waals surface area (Å²) in [4.78, 5) is 0. The molecular formula is C20H15ClN2. The Hall–Kier alpha value is -2.71. The topological polar surface area (TPSA) is 8.17 Å². The van der Waals surface area contributed by atoms with Crippen LogP contribution in [0, 0.1) is 0 Å². The largest absolute Gasteiger partial charge is 0.256 e. The molecule has 0 amide bonds. The van der Waals surface area contributed by atoms with E-state index >= 15 is 0 Å². The lowest BCUT2D eigenvalue weighted by atomic mass is 10.2. The Kier molecular flexibility index (Phi) is 3.52. The Bertz CT molecular complexity index is 890. The predicted molar refractivity (Wildman–Crippen MR) is 97.4 cm³/mol. The first-order valence-electron chi connectivity index (χ1n) is 7.51. The first-order valence-corrected chi connectivity index (χ1v) is 7.88. The van der Waals surface area contributed by atoms with E-state index in [4.69, 9.17) is 11.6 Å². The van der Waals surface area contributed by atoms with E-state index in [2.05, 4.69) is 52.3 Å². The number of hydrogen-bond donors (Lipinski definition) is 0. The van der Waals surface area contributed by atoms with Crippen molar-refractivity contribution in [3.8, 4) is 0 Å². The molecule has 4 rings (SSSR count). The summed E-state index contributed by atoms with van der Waals surface area (Å²) in [6.07, 6.45) is 2.05. The molecular weight excluding hydrogens is 304 g/mol. The fourth-order valence-electron chi connectivity index (χ4n) is 2.83. The Morgan fingerprint density at radius 2 is 1.26 bits per heavy atom. The third-order valence-electron chi connectivity index (χ3n) is 3.88. The number of aromatic nitrogens is 1. The molecule has 1 heterocycles. The van der Waals surface area contributed by atoms with Gasteiger partial charge in [0.2, 0.25) is 0 Å². The SMILES string of the molecule is Clc1cccc2c1ccn2N(c1ccccc1)c1ccccc1. The third-order valence-corrected chi connectivity index (χ3v) is 4.21. The second-order valence-corrected chi connectivity index (χ2v) is 5.72. The second-order valence-electron chi connectivity index (χ2n) is 5.32. The molecule has 0 spiro atoms. The van der Waals surface area contributed by atoms with Crippen molar-refractivity contribution < 1.29 is 0 Å². The molecule has 0 aliphatic heterocycles. The van der Waals surface area contributed by atoms with Crippen molar-refractivity contribution in [2.45, 2.75) is 0 Å². The molecule has 0 saturated heterocycles. The van der Waals surface area contributed by atoms with Gasteiger partial charge in [0.25, 0.3) is 0 Å². The van der Waals surface area contributed by atoms with Crippen LogP contribution in [0.1, 0.15) is 0 Å². The monoisotopic (exact) mass is 318 g/mol. The normalized spacial score (nSPS) is 10.8. The zero-order valence-electron chi connectivity index (χ0n) is 12.4. The van der Waals surface area contributed by atoms with Crippen LogP contribution in [0.3, 0.4) is 0 Å². The van der Waals surface area contributed by atoms with Gasteiger partial charge in [-0.2, -0.15) is 0 Å². The standard InChI is InChI=1S/C20H15ClN2/c21-19-12-7-13-20-18(19)14-15-22(20)23(16-8-3-1-4-9-16)17-10-5-2-6-11-17/h1-15H. The van der Waals surface area contributed by atoms with Crippen LogP contribution in [0.25, 0.3) is 10.9 Å². The van der Waals surface area contributed by atoms with Gasteiger partial charge in [0.05, 0.1) is 21.9 Å². The number of hydrogen-bond acceptors (Lipinski definition) is 1. The molecule has 0 aliphatic rings. The van der Waals surface area contributed by atoms with Crippen LogP contribution in [0.5, 0.6) is 0 Å². The van der Waals surface area contributed by atoms with E-state index < -0.39 is 0 Å². The molecule has 3 aromatic carbocycles. The summed E-state index contributed by atoms with van der Waals surface area (Å²) < 4.78 is 2.13. The number of fused-ring (bicyclic) bond motifs is 1. The molecule has 2 nitrogen and oxygen atoms in total. The van der Waals surface area contributed by atoms with E-state index in [-0.39, 0.29) is 0 Å². The van der Waals surface area contributed by atoms with Gasteiger partial charge in [-0.3, -0.25) is 4.68 Å². The molecule has 0 radical (unpaired) electrons. The molecule has 0 bridgehead atoms. The van der Waals surface area contributed by atoms with Crippen molar-refractivity contribution in [2.24, 2.45) is 0 Å². The molecule has 0 N–H and O–H groups in total. The highest BCUT2D eigenvalue weighted by molar-refractivity contribution is 6.35.